The lowest BCUT2D eigenvalue weighted by molar-refractivity contribution is -0.376. The summed E-state index contributed by atoms with van der Waals surface area (Å²) < 4.78 is 79.5. The lowest BCUT2D eigenvalue weighted by Crippen LogP contribution is -2.53. The minimum atomic E-state index is -5.59. The summed E-state index contributed by atoms with van der Waals surface area (Å²) in [4.78, 5) is -1.39. The van der Waals surface area contributed by atoms with Gasteiger partial charge < -0.3 is 10.2 Å². The Morgan fingerprint density at radius 1 is 0.767 bits per heavy atom. The predicted octanol–water partition coefficient (Wildman–Crippen LogP) is 6.16. The summed E-state index contributed by atoms with van der Waals surface area (Å²) in [5.74, 6) is -1.24. The van der Waals surface area contributed by atoms with Crippen molar-refractivity contribution in [3.05, 3.63) is 59.7 Å². The van der Waals surface area contributed by atoms with Crippen molar-refractivity contribution >= 4 is 0 Å². The maximum atomic E-state index is 13.3. The van der Waals surface area contributed by atoms with E-state index in [-0.39, 0.29) is 17.9 Å². The van der Waals surface area contributed by atoms with Crippen molar-refractivity contribution in [2.24, 2.45) is 5.92 Å². The quantitative estimate of drug-likeness (QED) is 0.404. The van der Waals surface area contributed by atoms with Crippen molar-refractivity contribution < 1.29 is 36.6 Å². The number of halogens is 6. The zero-order chi connectivity index (χ0) is 22.7. The molecule has 9 heteroatoms. The second-order valence-electron chi connectivity index (χ2n) is 7.33. The molecule has 0 radical (unpaired) electrons. The summed E-state index contributed by atoms with van der Waals surface area (Å²) in [5, 5.41) is 19.2. The van der Waals surface area contributed by atoms with Crippen LogP contribution in [-0.4, -0.2) is 34.3 Å². The molecule has 0 aliphatic carbocycles. The molecular weight excluding hydrogens is 412 g/mol. The van der Waals surface area contributed by atoms with Gasteiger partial charge in [-0.05, 0) is 47.7 Å². The van der Waals surface area contributed by atoms with Crippen LogP contribution >= 0.6 is 0 Å². The van der Waals surface area contributed by atoms with E-state index in [0.29, 0.717) is 17.5 Å². The minimum Gasteiger partial charge on any atom is -0.508 e. The third-order valence-electron chi connectivity index (χ3n) is 5.40. The van der Waals surface area contributed by atoms with Crippen LogP contribution in [-0.2, 0) is 5.41 Å². The number of phenols is 2. The van der Waals surface area contributed by atoms with Crippen molar-refractivity contribution in [2.75, 3.05) is 6.54 Å². The zero-order valence-corrected chi connectivity index (χ0v) is 16.4. The van der Waals surface area contributed by atoms with Crippen LogP contribution in [0.2, 0.25) is 0 Å². The normalized spacial score (nSPS) is 14.2. The Morgan fingerprint density at radius 2 is 1.13 bits per heavy atom. The second-order valence-corrected chi connectivity index (χ2v) is 7.33. The molecule has 2 aromatic carbocycles. The first-order chi connectivity index (χ1) is 13.8. The van der Waals surface area contributed by atoms with Gasteiger partial charge in [-0.1, -0.05) is 44.5 Å². The number of nitrogens with zero attached hydrogens (tertiary/aromatic N) is 1. The topological polar surface area (TPSA) is 43.7 Å². The highest BCUT2D eigenvalue weighted by molar-refractivity contribution is 5.43. The van der Waals surface area contributed by atoms with Crippen LogP contribution in [0.15, 0.2) is 48.5 Å². The molecule has 0 saturated heterocycles. The first-order valence-electron chi connectivity index (χ1n) is 9.30. The van der Waals surface area contributed by atoms with Crippen molar-refractivity contribution in [1.29, 1.82) is 0 Å². The molecule has 0 amide bonds. The molecule has 0 bridgehead atoms. The number of rotatable bonds is 7. The predicted molar refractivity (Wildman–Crippen MR) is 99.9 cm³/mol. The number of hydrogen-bond acceptors (Lipinski definition) is 3. The standard InChI is InChI=1S/C21H23F6NO2/c1-3-4-16(13-28(20(22,23)24)21(25,26)27)19(2,14-5-9-17(29)10-6-14)15-7-11-18(30)12-8-15/h5-12,16,29-30H,3-4,13H2,1-2H3. The number of alkyl halides is 6. The number of hydrogen-bond donors (Lipinski definition) is 2. The Morgan fingerprint density at radius 3 is 1.43 bits per heavy atom. The van der Waals surface area contributed by atoms with Gasteiger partial charge in [-0.2, -0.15) is 26.3 Å². The van der Waals surface area contributed by atoms with E-state index in [1.807, 2.05) is 0 Å². The minimum absolute atomic E-state index is 0.0777. The third kappa shape index (κ3) is 5.19. The van der Waals surface area contributed by atoms with Crippen LogP contribution in [0.3, 0.4) is 0 Å². The molecule has 0 aliphatic rings. The maximum Gasteiger partial charge on any atom is 0.467 e. The smallest absolute Gasteiger partial charge is 0.467 e. The van der Waals surface area contributed by atoms with Gasteiger partial charge >= 0.3 is 12.6 Å². The lowest BCUT2D eigenvalue weighted by atomic mass is 9.65. The van der Waals surface area contributed by atoms with Gasteiger partial charge in [0, 0.05) is 12.0 Å². The summed E-state index contributed by atoms with van der Waals surface area (Å²) in [6.07, 6.45) is -10.7. The van der Waals surface area contributed by atoms with Crippen molar-refractivity contribution in [3.63, 3.8) is 0 Å². The molecule has 0 saturated carbocycles. The summed E-state index contributed by atoms with van der Waals surface area (Å²) in [5.41, 5.74) is -0.353. The molecule has 166 valence electrons. The molecule has 2 aromatic rings. The van der Waals surface area contributed by atoms with Gasteiger partial charge in [0.15, 0.2) is 0 Å². The Bertz CT molecular complexity index is 756. The number of benzene rings is 2. The first-order valence-corrected chi connectivity index (χ1v) is 9.30. The SMILES string of the molecule is CCCC(CN(C(F)(F)F)C(F)(F)F)C(C)(c1ccc(O)cc1)c1ccc(O)cc1. The fourth-order valence-electron chi connectivity index (χ4n) is 3.74. The van der Waals surface area contributed by atoms with Crippen LogP contribution in [0.25, 0.3) is 0 Å². The van der Waals surface area contributed by atoms with Crippen LogP contribution in [0.4, 0.5) is 26.3 Å². The lowest BCUT2D eigenvalue weighted by Gasteiger charge is -2.42. The maximum absolute atomic E-state index is 13.3. The fraction of sp³-hybridized carbons (Fsp3) is 0.429. The van der Waals surface area contributed by atoms with Crippen molar-refractivity contribution in [2.45, 2.75) is 44.7 Å². The number of aromatic hydroxyl groups is 2. The van der Waals surface area contributed by atoms with Crippen molar-refractivity contribution in [1.82, 2.24) is 4.90 Å². The van der Waals surface area contributed by atoms with Crippen LogP contribution < -0.4 is 0 Å². The van der Waals surface area contributed by atoms with Gasteiger partial charge in [0.2, 0.25) is 0 Å². The molecule has 0 aromatic heterocycles. The summed E-state index contributed by atoms with van der Waals surface area (Å²) in [6, 6.07) is 11.3. The Hall–Kier alpha value is -2.42. The van der Waals surface area contributed by atoms with Gasteiger partial charge in [0.25, 0.3) is 0 Å². The highest BCUT2D eigenvalue weighted by Crippen LogP contribution is 2.45. The van der Waals surface area contributed by atoms with Gasteiger partial charge in [-0.3, -0.25) is 0 Å². The largest absolute Gasteiger partial charge is 0.508 e. The average molecular weight is 435 g/mol. The molecule has 0 fully saturated rings. The van der Waals surface area contributed by atoms with E-state index < -0.39 is 35.4 Å². The number of phenolic OH excluding ortho intramolecular Hbond substituents is 2. The molecule has 2 N–H and O–H groups in total. The van der Waals surface area contributed by atoms with Crippen LogP contribution in [0.1, 0.15) is 37.8 Å². The Kier molecular flexibility index (Phi) is 6.96. The molecule has 0 aliphatic heterocycles. The monoisotopic (exact) mass is 435 g/mol. The zero-order valence-electron chi connectivity index (χ0n) is 16.4. The molecule has 2 rings (SSSR count). The molecule has 0 heterocycles. The van der Waals surface area contributed by atoms with Gasteiger partial charge in [0.05, 0.1) is 0 Å². The first kappa shape index (κ1) is 23.9. The van der Waals surface area contributed by atoms with E-state index >= 15 is 0 Å². The molecular formula is C21H23F6NO2. The van der Waals surface area contributed by atoms with Gasteiger partial charge in [-0.25, -0.2) is 0 Å². The molecule has 0 spiro atoms. The highest BCUT2D eigenvalue weighted by Gasteiger charge is 2.55. The Balaban J connectivity index is 2.65. The molecule has 3 nitrogen and oxygen atoms in total. The molecule has 1 unspecified atom stereocenters. The van der Waals surface area contributed by atoms with E-state index in [9.17, 15) is 36.6 Å². The average Bonchev–Trinajstić information content (AvgIpc) is 2.63. The van der Waals surface area contributed by atoms with E-state index in [1.54, 1.807) is 13.8 Å². The van der Waals surface area contributed by atoms with Crippen LogP contribution in [0.5, 0.6) is 11.5 Å². The summed E-state index contributed by atoms with van der Waals surface area (Å²) >= 11 is 0. The molecule has 1 atom stereocenters. The fourth-order valence-corrected chi connectivity index (χ4v) is 3.74. The van der Waals surface area contributed by atoms with E-state index in [2.05, 4.69) is 0 Å². The van der Waals surface area contributed by atoms with Crippen LogP contribution in [0, 0.1) is 5.92 Å². The van der Waals surface area contributed by atoms with Gasteiger partial charge in [-0.15, -0.1) is 4.90 Å². The third-order valence-corrected chi connectivity index (χ3v) is 5.40. The van der Waals surface area contributed by atoms with Crippen molar-refractivity contribution in [3.8, 4) is 11.5 Å². The second kappa shape index (κ2) is 8.75. The van der Waals surface area contributed by atoms with E-state index in [1.165, 1.54) is 48.5 Å². The van der Waals surface area contributed by atoms with E-state index in [0.717, 1.165) is 0 Å². The molecule has 30 heavy (non-hydrogen) atoms. The summed E-state index contributed by atoms with van der Waals surface area (Å²) in [7, 11) is 0. The Labute approximate surface area is 170 Å². The highest BCUT2D eigenvalue weighted by atomic mass is 19.4. The van der Waals surface area contributed by atoms with E-state index in [4.69, 9.17) is 0 Å². The summed E-state index contributed by atoms with van der Waals surface area (Å²) in [6.45, 7) is 1.97. The van der Waals surface area contributed by atoms with Gasteiger partial charge in [0.1, 0.15) is 11.5 Å².